The van der Waals surface area contributed by atoms with Crippen LogP contribution in [0.4, 0.5) is 4.79 Å². The smallest absolute Gasteiger partial charge is 0.315 e. The summed E-state index contributed by atoms with van der Waals surface area (Å²) >= 11 is 0. The van der Waals surface area contributed by atoms with Crippen molar-refractivity contribution < 1.29 is 23.7 Å². The number of methoxy groups -OCH3 is 2. The highest BCUT2D eigenvalue weighted by Crippen LogP contribution is 2.32. The topological polar surface area (TPSA) is 78.1 Å². The predicted molar refractivity (Wildman–Crippen MR) is 91.2 cm³/mol. The van der Waals surface area contributed by atoms with E-state index in [1.807, 2.05) is 30.3 Å². The lowest BCUT2D eigenvalue weighted by Crippen LogP contribution is -2.34. The number of nitrogens with one attached hydrogen (secondary N) is 2. The van der Waals surface area contributed by atoms with E-state index >= 15 is 0 Å². The summed E-state index contributed by atoms with van der Waals surface area (Å²) in [5.74, 6) is 2.70. The summed E-state index contributed by atoms with van der Waals surface area (Å²) in [6, 6.07) is 10.8. The quantitative estimate of drug-likeness (QED) is 0.841. The van der Waals surface area contributed by atoms with Crippen molar-refractivity contribution in [2.24, 2.45) is 0 Å². The number of benzene rings is 2. The summed E-state index contributed by atoms with van der Waals surface area (Å²) in [6.45, 7) is 1.01. The zero-order valence-electron chi connectivity index (χ0n) is 14.1. The largest absolute Gasteiger partial charge is 0.493 e. The number of amides is 2. The van der Waals surface area contributed by atoms with Crippen LogP contribution in [-0.2, 0) is 13.1 Å². The summed E-state index contributed by atoms with van der Waals surface area (Å²) < 4.78 is 21.0. The minimum atomic E-state index is -0.257. The Kier molecular flexibility index (Phi) is 5.13. The highest BCUT2D eigenvalue weighted by molar-refractivity contribution is 5.73. The third kappa shape index (κ3) is 4.06. The van der Waals surface area contributed by atoms with E-state index in [2.05, 4.69) is 10.6 Å². The maximum Gasteiger partial charge on any atom is 0.315 e. The Morgan fingerprint density at radius 1 is 0.920 bits per heavy atom. The fourth-order valence-electron chi connectivity index (χ4n) is 2.47. The van der Waals surface area contributed by atoms with E-state index in [1.165, 1.54) is 0 Å². The van der Waals surface area contributed by atoms with Crippen LogP contribution in [0.15, 0.2) is 36.4 Å². The monoisotopic (exact) mass is 344 g/mol. The van der Waals surface area contributed by atoms with Gasteiger partial charge in [-0.2, -0.15) is 0 Å². The molecule has 0 bridgehead atoms. The summed E-state index contributed by atoms with van der Waals surface area (Å²) in [7, 11) is 3.16. The molecule has 0 spiro atoms. The molecule has 0 radical (unpaired) electrons. The van der Waals surface area contributed by atoms with Crippen molar-refractivity contribution >= 4 is 6.03 Å². The van der Waals surface area contributed by atoms with Gasteiger partial charge in [-0.15, -0.1) is 0 Å². The summed E-state index contributed by atoms with van der Waals surface area (Å²) in [5, 5.41) is 5.62. The van der Waals surface area contributed by atoms with Crippen molar-refractivity contribution in [2.45, 2.75) is 13.1 Å². The first kappa shape index (κ1) is 16.8. The summed E-state index contributed by atoms with van der Waals surface area (Å²) in [6.07, 6.45) is 0. The third-order valence-electron chi connectivity index (χ3n) is 3.79. The number of fused-ring (bicyclic) bond motifs is 1. The molecule has 2 amide bonds. The summed E-state index contributed by atoms with van der Waals surface area (Å²) in [4.78, 5) is 12.0. The van der Waals surface area contributed by atoms with Crippen molar-refractivity contribution in [1.29, 1.82) is 0 Å². The molecule has 2 aromatic rings. The van der Waals surface area contributed by atoms with E-state index < -0.39 is 0 Å². The molecule has 2 aromatic carbocycles. The molecule has 0 saturated heterocycles. The Morgan fingerprint density at radius 3 is 2.28 bits per heavy atom. The lowest BCUT2D eigenvalue weighted by atomic mass is 10.2. The first-order valence-corrected chi connectivity index (χ1v) is 7.80. The van der Waals surface area contributed by atoms with E-state index in [-0.39, 0.29) is 12.8 Å². The lowest BCUT2D eigenvalue weighted by molar-refractivity contribution is 0.174. The van der Waals surface area contributed by atoms with Crippen molar-refractivity contribution in [1.82, 2.24) is 10.6 Å². The molecule has 0 saturated carbocycles. The highest BCUT2D eigenvalue weighted by Gasteiger charge is 2.13. The molecule has 1 heterocycles. The predicted octanol–water partition coefficient (Wildman–Crippen LogP) is 2.43. The second kappa shape index (κ2) is 7.65. The van der Waals surface area contributed by atoms with Crippen LogP contribution in [0.5, 0.6) is 23.0 Å². The number of hydrogen-bond donors (Lipinski definition) is 2. The van der Waals surface area contributed by atoms with Gasteiger partial charge in [-0.1, -0.05) is 12.1 Å². The van der Waals surface area contributed by atoms with Gasteiger partial charge in [0.1, 0.15) is 0 Å². The average Bonchev–Trinajstić information content (AvgIpc) is 3.12. The molecule has 1 aliphatic heterocycles. The van der Waals surface area contributed by atoms with E-state index in [4.69, 9.17) is 18.9 Å². The van der Waals surface area contributed by atoms with E-state index in [0.717, 1.165) is 16.9 Å². The summed E-state index contributed by atoms with van der Waals surface area (Å²) in [5.41, 5.74) is 1.85. The molecule has 0 aromatic heterocycles. The van der Waals surface area contributed by atoms with Crippen LogP contribution in [0.1, 0.15) is 11.1 Å². The molecule has 0 unspecified atom stereocenters. The number of ether oxygens (including phenoxy) is 4. The molecule has 7 heteroatoms. The van der Waals surface area contributed by atoms with Gasteiger partial charge in [0.05, 0.1) is 14.2 Å². The SMILES string of the molecule is COc1ccc(CNC(=O)NCc2ccc3c(c2)OCO3)cc1OC. The van der Waals surface area contributed by atoms with Crippen LogP contribution >= 0.6 is 0 Å². The standard InChI is InChI=1S/C18H20N2O5/c1-22-14-5-3-12(7-16(14)23-2)9-19-18(21)20-10-13-4-6-15-17(8-13)25-11-24-15/h3-8H,9-11H2,1-2H3,(H2,19,20,21). The van der Waals surface area contributed by atoms with E-state index in [0.29, 0.717) is 30.3 Å². The van der Waals surface area contributed by atoms with Crippen LogP contribution in [-0.4, -0.2) is 27.0 Å². The van der Waals surface area contributed by atoms with Crippen molar-refractivity contribution in [3.8, 4) is 23.0 Å². The lowest BCUT2D eigenvalue weighted by Gasteiger charge is -2.11. The molecule has 132 valence electrons. The number of carbonyl (C=O) groups excluding carboxylic acids is 1. The molecule has 3 rings (SSSR count). The Morgan fingerprint density at radius 2 is 1.56 bits per heavy atom. The van der Waals surface area contributed by atoms with Crippen molar-refractivity contribution in [3.05, 3.63) is 47.5 Å². The van der Waals surface area contributed by atoms with Gasteiger partial charge >= 0.3 is 6.03 Å². The maximum absolute atomic E-state index is 12.0. The van der Waals surface area contributed by atoms with Gasteiger partial charge in [0, 0.05) is 13.1 Å². The molecule has 0 aliphatic carbocycles. The normalized spacial score (nSPS) is 11.8. The van der Waals surface area contributed by atoms with E-state index in [9.17, 15) is 4.79 Å². The number of hydrogen-bond acceptors (Lipinski definition) is 5. The van der Waals surface area contributed by atoms with Crippen LogP contribution in [0, 0.1) is 0 Å². The zero-order chi connectivity index (χ0) is 17.6. The van der Waals surface area contributed by atoms with Gasteiger partial charge in [-0.05, 0) is 35.4 Å². The number of urea groups is 1. The molecule has 1 aliphatic rings. The average molecular weight is 344 g/mol. The molecule has 7 nitrogen and oxygen atoms in total. The Labute approximate surface area is 145 Å². The van der Waals surface area contributed by atoms with Gasteiger partial charge in [-0.3, -0.25) is 0 Å². The molecule has 0 fully saturated rings. The van der Waals surface area contributed by atoms with Crippen molar-refractivity contribution in [2.75, 3.05) is 21.0 Å². The van der Waals surface area contributed by atoms with Crippen LogP contribution in [0.2, 0.25) is 0 Å². The molecular formula is C18H20N2O5. The number of rotatable bonds is 6. The molecular weight excluding hydrogens is 324 g/mol. The first-order valence-electron chi connectivity index (χ1n) is 7.80. The van der Waals surface area contributed by atoms with Crippen LogP contribution in [0.25, 0.3) is 0 Å². The fourth-order valence-corrected chi connectivity index (χ4v) is 2.47. The maximum atomic E-state index is 12.0. The van der Waals surface area contributed by atoms with Crippen LogP contribution < -0.4 is 29.6 Å². The minimum absolute atomic E-state index is 0.234. The highest BCUT2D eigenvalue weighted by atomic mass is 16.7. The second-order valence-corrected chi connectivity index (χ2v) is 5.41. The zero-order valence-corrected chi connectivity index (χ0v) is 14.1. The molecule has 2 N–H and O–H groups in total. The van der Waals surface area contributed by atoms with Gasteiger partial charge in [0.25, 0.3) is 0 Å². The number of carbonyl (C=O) groups is 1. The second-order valence-electron chi connectivity index (χ2n) is 5.41. The molecule has 0 atom stereocenters. The van der Waals surface area contributed by atoms with Gasteiger partial charge in [-0.25, -0.2) is 4.79 Å². The Bertz CT molecular complexity index is 763. The van der Waals surface area contributed by atoms with Gasteiger partial charge < -0.3 is 29.6 Å². The van der Waals surface area contributed by atoms with Gasteiger partial charge in [0.2, 0.25) is 6.79 Å². The molecule has 25 heavy (non-hydrogen) atoms. The van der Waals surface area contributed by atoms with Crippen LogP contribution in [0.3, 0.4) is 0 Å². The first-order chi connectivity index (χ1) is 12.2. The van der Waals surface area contributed by atoms with Gasteiger partial charge in [0.15, 0.2) is 23.0 Å². The minimum Gasteiger partial charge on any atom is -0.493 e. The van der Waals surface area contributed by atoms with Crippen molar-refractivity contribution in [3.63, 3.8) is 0 Å². The Balaban J connectivity index is 1.50. The third-order valence-corrected chi connectivity index (χ3v) is 3.79. The Hall–Kier alpha value is -3.09. The fraction of sp³-hybridized carbons (Fsp3) is 0.278. The van der Waals surface area contributed by atoms with E-state index in [1.54, 1.807) is 20.3 Å².